The van der Waals surface area contributed by atoms with Crippen LogP contribution in [-0.4, -0.2) is 60.4 Å². The number of amides is 3. The maximum atomic E-state index is 13.6. The lowest BCUT2D eigenvalue weighted by atomic mass is 9.75. The Balaban J connectivity index is 1.65. The summed E-state index contributed by atoms with van der Waals surface area (Å²) in [4.78, 5) is 44.0. The Morgan fingerprint density at radius 2 is 2.00 bits per heavy atom. The molecule has 4 unspecified atom stereocenters. The summed E-state index contributed by atoms with van der Waals surface area (Å²) in [5, 5.41) is 3.08. The molecule has 0 aliphatic carbocycles. The minimum absolute atomic E-state index is 0.0535. The van der Waals surface area contributed by atoms with Crippen molar-refractivity contribution in [1.82, 2.24) is 9.80 Å². The Morgan fingerprint density at radius 3 is 2.76 bits per heavy atom. The highest BCUT2D eigenvalue weighted by Gasteiger charge is 2.74. The van der Waals surface area contributed by atoms with Gasteiger partial charge in [0.2, 0.25) is 17.7 Å². The van der Waals surface area contributed by atoms with Gasteiger partial charge in [-0.1, -0.05) is 12.1 Å². The van der Waals surface area contributed by atoms with Crippen molar-refractivity contribution in [1.29, 1.82) is 0 Å². The number of ether oxygens (including phenoxy) is 1. The number of nitrogens with zero attached hydrogens (tertiary/aromatic N) is 2. The standard InChI is InChI=1S/C22H27N3O4/c1-12-7-8-14-18(13(12)2)23-21(28)22(14)17-16(15-6-4-10-25(15)22)19(26)24(20(17)27)9-5-11-29-3/h7-8,15-17H,4-6,9-11H2,1-3H3,(H,23,28). The number of aryl methyl sites for hydroxylation is 1. The van der Waals surface area contributed by atoms with E-state index >= 15 is 0 Å². The first kappa shape index (κ1) is 18.8. The molecular formula is C22H27N3O4. The van der Waals surface area contributed by atoms with E-state index in [1.165, 1.54) is 4.90 Å². The van der Waals surface area contributed by atoms with Crippen LogP contribution in [0.5, 0.6) is 0 Å². The molecular weight excluding hydrogens is 370 g/mol. The summed E-state index contributed by atoms with van der Waals surface area (Å²) < 4.78 is 5.10. The highest BCUT2D eigenvalue weighted by Crippen LogP contribution is 2.60. The lowest BCUT2D eigenvalue weighted by Gasteiger charge is -2.36. The van der Waals surface area contributed by atoms with E-state index in [9.17, 15) is 14.4 Å². The van der Waals surface area contributed by atoms with Gasteiger partial charge in [0.05, 0.1) is 11.8 Å². The van der Waals surface area contributed by atoms with Gasteiger partial charge in [0, 0.05) is 37.6 Å². The van der Waals surface area contributed by atoms with Crippen molar-refractivity contribution >= 4 is 23.4 Å². The molecule has 5 rings (SSSR count). The van der Waals surface area contributed by atoms with Crippen LogP contribution in [0.15, 0.2) is 12.1 Å². The van der Waals surface area contributed by atoms with Crippen LogP contribution in [0.2, 0.25) is 0 Å². The predicted octanol–water partition coefficient (Wildman–Crippen LogP) is 1.57. The molecule has 0 radical (unpaired) electrons. The van der Waals surface area contributed by atoms with E-state index in [-0.39, 0.29) is 23.8 Å². The minimum Gasteiger partial charge on any atom is -0.385 e. The van der Waals surface area contributed by atoms with E-state index in [1.807, 2.05) is 26.0 Å². The third-order valence-electron chi connectivity index (χ3n) is 7.52. The number of carbonyl (C=O) groups excluding carboxylic acids is 3. The van der Waals surface area contributed by atoms with Gasteiger partial charge >= 0.3 is 0 Å². The number of carbonyl (C=O) groups is 3. The molecule has 0 bridgehead atoms. The van der Waals surface area contributed by atoms with Crippen molar-refractivity contribution in [2.45, 2.75) is 44.7 Å². The van der Waals surface area contributed by atoms with Crippen LogP contribution in [0.25, 0.3) is 0 Å². The van der Waals surface area contributed by atoms with Gasteiger partial charge in [-0.3, -0.25) is 24.2 Å². The second-order valence-corrected chi connectivity index (χ2v) is 8.73. The van der Waals surface area contributed by atoms with E-state index in [1.54, 1.807) is 7.11 Å². The monoisotopic (exact) mass is 397 g/mol. The molecule has 3 fully saturated rings. The predicted molar refractivity (Wildman–Crippen MR) is 106 cm³/mol. The molecule has 4 aliphatic rings. The highest BCUT2D eigenvalue weighted by molar-refractivity contribution is 6.15. The van der Waals surface area contributed by atoms with Crippen LogP contribution in [-0.2, 0) is 24.7 Å². The molecule has 1 aromatic carbocycles. The molecule has 0 aromatic heterocycles. The lowest BCUT2D eigenvalue weighted by Crippen LogP contribution is -2.54. The number of likely N-dealkylation sites (tertiary alicyclic amines) is 1. The van der Waals surface area contributed by atoms with Crippen molar-refractivity contribution in [2.75, 3.05) is 32.1 Å². The zero-order valence-corrected chi connectivity index (χ0v) is 17.2. The number of hydrogen-bond donors (Lipinski definition) is 1. The summed E-state index contributed by atoms with van der Waals surface area (Å²) in [6, 6.07) is 3.95. The molecule has 154 valence electrons. The molecule has 4 aliphatic heterocycles. The maximum absolute atomic E-state index is 13.6. The highest BCUT2D eigenvalue weighted by atomic mass is 16.5. The molecule has 1 aromatic rings. The fourth-order valence-electron chi connectivity index (χ4n) is 6.17. The summed E-state index contributed by atoms with van der Waals surface area (Å²) in [6.07, 6.45) is 2.39. The number of methoxy groups -OCH3 is 1. The van der Waals surface area contributed by atoms with Gasteiger partial charge in [0.15, 0.2) is 0 Å². The van der Waals surface area contributed by atoms with Crippen LogP contribution in [0.1, 0.15) is 36.0 Å². The number of nitrogens with one attached hydrogen (secondary N) is 1. The SMILES string of the molecule is COCCCN1C(=O)C2C3CCCN3C3(C(=O)Nc4c3ccc(C)c4C)C2C1=O. The number of benzene rings is 1. The summed E-state index contributed by atoms with van der Waals surface area (Å²) in [7, 11) is 1.61. The zero-order chi connectivity index (χ0) is 20.5. The first-order chi connectivity index (χ1) is 13.9. The average molecular weight is 397 g/mol. The summed E-state index contributed by atoms with van der Waals surface area (Å²) in [5.74, 6) is -1.56. The van der Waals surface area contributed by atoms with Crippen molar-refractivity contribution < 1.29 is 19.1 Å². The lowest BCUT2D eigenvalue weighted by molar-refractivity contribution is -0.145. The van der Waals surface area contributed by atoms with Crippen LogP contribution in [0.3, 0.4) is 0 Å². The molecule has 29 heavy (non-hydrogen) atoms. The minimum atomic E-state index is -1.07. The second kappa shape index (κ2) is 6.37. The fraction of sp³-hybridized carbons (Fsp3) is 0.591. The number of imide groups is 1. The second-order valence-electron chi connectivity index (χ2n) is 8.73. The van der Waals surface area contributed by atoms with Gasteiger partial charge in [-0.2, -0.15) is 0 Å². The molecule has 7 nitrogen and oxygen atoms in total. The van der Waals surface area contributed by atoms with Gasteiger partial charge in [-0.05, 0) is 50.8 Å². The molecule has 3 saturated heterocycles. The number of hydrogen-bond acceptors (Lipinski definition) is 5. The van der Waals surface area contributed by atoms with Crippen molar-refractivity contribution in [3.05, 3.63) is 28.8 Å². The Hall–Kier alpha value is -2.25. The maximum Gasteiger partial charge on any atom is 0.250 e. The first-order valence-corrected chi connectivity index (χ1v) is 10.5. The summed E-state index contributed by atoms with van der Waals surface area (Å²) >= 11 is 0. The zero-order valence-electron chi connectivity index (χ0n) is 17.2. The smallest absolute Gasteiger partial charge is 0.250 e. The van der Waals surface area contributed by atoms with Gasteiger partial charge < -0.3 is 10.1 Å². The molecule has 7 heteroatoms. The molecule has 4 heterocycles. The van der Waals surface area contributed by atoms with Crippen LogP contribution in [0, 0.1) is 25.7 Å². The van der Waals surface area contributed by atoms with Gasteiger partial charge in [0.25, 0.3) is 0 Å². The number of fused-ring (bicyclic) bond motifs is 7. The molecule has 1 N–H and O–H groups in total. The van der Waals surface area contributed by atoms with E-state index in [2.05, 4.69) is 10.2 Å². The van der Waals surface area contributed by atoms with Crippen molar-refractivity contribution in [3.63, 3.8) is 0 Å². The molecule has 0 saturated carbocycles. The molecule has 4 atom stereocenters. The quantitative estimate of drug-likeness (QED) is 0.616. The van der Waals surface area contributed by atoms with Gasteiger partial charge in [-0.15, -0.1) is 0 Å². The largest absolute Gasteiger partial charge is 0.385 e. The molecule has 1 spiro atoms. The topological polar surface area (TPSA) is 79.0 Å². The fourth-order valence-corrected chi connectivity index (χ4v) is 6.17. The third kappa shape index (κ3) is 2.17. The van der Waals surface area contributed by atoms with Gasteiger partial charge in [0.1, 0.15) is 5.54 Å². The Bertz CT molecular complexity index is 929. The molecule has 3 amide bonds. The normalized spacial score (nSPS) is 32.9. The third-order valence-corrected chi connectivity index (χ3v) is 7.52. The van der Waals surface area contributed by atoms with Crippen LogP contribution < -0.4 is 5.32 Å². The van der Waals surface area contributed by atoms with E-state index in [0.717, 1.165) is 41.8 Å². The van der Waals surface area contributed by atoms with Crippen molar-refractivity contribution in [2.24, 2.45) is 11.8 Å². The Morgan fingerprint density at radius 1 is 1.21 bits per heavy atom. The summed E-state index contributed by atoms with van der Waals surface area (Å²) in [5.41, 5.74) is 2.75. The van der Waals surface area contributed by atoms with Crippen molar-refractivity contribution in [3.8, 4) is 0 Å². The van der Waals surface area contributed by atoms with Crippen LogP contribution in [0.4, 0.5) is 5.69 Å². The van der Waals surface area contributed by atoms with E-state index in [0.29, 0.717) is 19.6 Å². The van der Waals surface area contributed by atoms with E-state index in [4.69, 9.17) is 4.74 Å². The Labute approximate surface area is 170 Å². The average Bonchev–Trinajstić information content (AvgIpc) is 3.40. The Kier molecular flexibility index (Phi) is 4.12. The van der Waals surface area contributed by atoms with E-state index < -0.39 is 17.4 Å². The number of rotatable bonds is 4. The number of anilines is 1. The first-order valence-electron chi connectivity index (χ1n) is 10.5. The summed E-state index contributed by atoms with van der Waals surface area (Å²) in [6.45, 7) is 5.60. The van der Waals surface area contributed by atoms with Crippen LogP contribution >= 0.6 is 0 Å². The van der Waals surface area contributed by atoms with Gasteiger partial charge in [-0.25, -0.2) is 0 Å².